The van der Waals surface area contributed by atoms with Crippen LogP contribution in [0.3, 0.4) is 0 Å². The third-order valence-electron chi connectivity index (χ3n) is 16.6. The van der Waals surface area contributed by atoms with Crippen LogP contribution in [0.15, 0.2) is 200 Å². The molecule has 10 aromatic carbocycles. The SMILES string of the molecule is CCn1c2ccc(N(c3ccc(OC)cc3)c3ccc(OC)cc3)cc2c2c1c1c3cc(N(c4ccc(OC)cc4)c4ccc(OC)cc4)ccc3n(CC)c1c1c3cc(N(c4ccc(OC)cc4)c4ccc(OC)cc4)ccc3n(CC)c21. The number of nitrogens with zero attached hydrogens (tertiary/aromatic N) is 6. The summed E-state index contributed by atoms with van der Waals surface area (Å²) >= 11 is 0. The third-order valence-corrected chi connectivity index (χ3v) is 16.6. The second-order valence-corrected chi connectivity index (χ2v) is 20.7. The molecule has 0 N–H and O–H groups in total. The van der Waals surface area contributed by atoms with Crippen molar-refractivity contribution in [2.45, 2.75) is 40.4 Å². The van der Waals surface area contributed by atoms with Crippen molar-refractivity contribution in [2.24, 2.45) is 0 Å². The van der Waals surface area contributed by atoms with Gasteiger partial charge in [0.2, 0.25) is 0 Å². The number of fused-ring (bicyclic) bond motifs is 12. The average molecular weight is 1110 g/mol. The largest absolute Gasteiger partial charge is 0.497 e. The molecule has 13 aromatic rings. The second kappa shape index (κ2) is 21.9. The molecule has 0 aliphatic rings. The first-order valence-corrected chi connectivity index (χ1v) is 28.5. The van der Waals surface area contributed by atoms with Crippen molar-refractivity contribution in [3.05, 3.63) is 200 Å². The monoisotopic (exact) mass is 1110 g/mol. The first kappa shape index (κ1) is 53.1. The van der Waals surface area contributed by atoms with Crippen molar-refractivity contribution >= 4 is 117 Å². The maximum absolute atomic E-state index is 5.67. The summed E-state index contributed by atoms with van der Waals surface area (Å²) in [5, 5.41) is 7.07. The molecule has 3 aromatic heterocycles. The standard InChI is InChI=1S/C72H66N6O6/c1-10-73-64-40-25-52(76(46-13-28-55(79-4)29-14-46)47-15-30-56(80-5)31-16-47)43-61(64)67-70(73)68-62-44-53(77(48-17-32-57(81-6)33-18-48)49-19-34-58(82-7)35-20-49)26-41-65(62)74(11-2)72(68)69-63-45-54(27-42-66(63)75(12-3)71(67)69)78(50-21-36-59(83-8)37-22-50)51-23-38-60(84-9)39-24-51/h13-45H,10-12H2,1-9H3. The maximum atomic E-state index is 5.67. The van der Waals surface area contributed by atoms with Crippen LogP contribution in [0.25, 0.3) is 65.4 Å². The molecule has 0 bridgehead atoms. The van der Waals surface area contributed by atoms with E-state index in [9.17, 15) is 0 Å². The van der Waals surface area contributed by atoms with E-state index in [0.717, 1.165) is 138 Å². The van der Waals surface area contributed by atoms with Gasteiger partial charge in [-0.25, -0.2) is 0 Å². The van der Waals surface area contributed by atoms with Crippen LogP contribution in [0.2, 0.25) is 0 Å². The molecule has 0 aliphatic carbocycles. The van der Waals surface area contributed by atoms with Gasteiger partial charge < -0.3 is 56.8 Å². The minimum absolute atomic E-state index is 0.734. The highest BCUT2D eigenvalue weighted by atomic mass is 16.5. The minimum atomic E-state index is 0.734. The number of hydrogen-bond acceptors (Lipinski definition) is 9. The van der Waals surface area contributed by atoms with Crippen LogP contribution < -0.4 is 43.1 Å². The molecule has 0 saturated heterocycles. The Bertz CT molecular complexity index is 3910. The van der Waals surface area contributed by atoms with Crippen LogP contribution in [-0.2, 0) is 19.6 Å². The normalized spacial score (nSPS) is 11.5. The summed E-state index contributed by atoms with van der Waals surface area (Å²) in [6.45, 7) is 9.03. The Labute approximate surface area is 488 Å². The van der Waals surface area contributed by atoms with Crippen LogP contribution in [0.4, 0.5) is 51.2 Å². The Kier molecular flexibility index (Phi) is 13.9. The van der Waals surface area contributed by atoms with Crippen LogP contribution in [0.1, 0.15) is 20.8 Å². The van der Waals surface area contributed by atoms with Gasteiger partial charge in [0.25, 0.3) is 0 Å². The maximum Gasteiger partial charge on any atom is 0.119 e. The van der Waals surface area contributed by atoms with E-state index < -0.39 is 0 Å². The molecule has 0 amide bonds. The van der Waals surface area contributed by atoms with E-state index in [1.54, 1.807) is 42.7 Å². The van der Waals surface area contributed by atoms with Crippen LogP contribution in [0.5, 0.6) is 34.5 Å². The number of benzene rings is 10. The van der Waals surface area contributed by atoms with Gasteiger partial charge in [0, 0.05) is 120 Å². The predicted octanol–water partition coefficient (Wildman–Crippen LogP) is 18.5. The summed E-state index contributed by atoms with van der Waals surface area (Å²) in [5.41, 5.74) is 16.1. The lowest BCUT2D eigenvalue weighted by Crippen LogP contribution is -2.10. The first-order chi connectivity index (χ1) is 41.2. The minimum Gasteiger partial charge on any atom is -0.497 e. The molecule has 0 aliphatic heterocycles. The second-order valence-electron chi connectivity index (χ2n) is 20.7. The molecule has 13 rings (SSSR count). The quantitative estimate of drug-likeness (QED) is 0.0835. The summed E-state index contributed by atoms with van der Waals surface area (Å²) in [4.78, 5) is 6.96. The van der Waals surface area contributed by atoms with Gasteiger partial charge in [0.05, 0.1) is 59.2 Å². The fraction of sp³-hybridized carbons (Fsp3) is 0.167. The Morgan fingerprint density at radius 2 is 0.429 bits per heavy atom. The van der Waals surface area contributed by atoms with Crippen molar-refractivity contribution in [1.29, 1.82) is 0 Å². The molecule has 0 unspecified atom stereocenters. The molecular weight excluding hydrogens is 1040 g/mol. The average Bonchev–Trinajstić information content (AvgIpc) is 1.62. The number of methoxy groups -OCH3 is 6. The van der Waals surface area contributed by atoms with Gasteiger partial charge in [-0.15, -0.1) is 0 Å². The van der Waals surface area contributed by atoms with Gasteiger partial charge in [-0.05, 0) is 221 Å². The molecule has 12 heteroatoms. The van der Waals surface area contributed by atoms with Crippen molar-refractivity contribution < 1.29 is 28.4 Å². The number of ether oxygens (including phenoxy) is 6. The van der Waals surface area contributed by atoms with Gasteiger partial charge >= 0.3 is 0 Å². The molecule has 3 heterocycles. The van der Waals surface area contributed by atoms with Crippen LogP contribution in [-0.4, -0.2) is 56.4 Å². The van der Waals surface area contributed by atoms with Gasteiger partial charge in [-0.2, -0.15) is 0 Å². The molecule has 84 heavy (non-hydrogen) atoms. The molecule has 0 spiro atoms. The number of anilines is 9. The summed E-state index contributed by atoms with van der Waals surface area (Å²) < 4.78 is 41.7. The lowest BCUT2D eigenvalue weighted by Gasteiger charge is -2.26. The van der Waals surface area contributed by atoms with Crippen molar-refractivity contribution in [3.63, 3.8) is 0 Å². The van der Waals surface area contributed by atoms with E-state index in [4.69, 9.17) is 28.4 Å². The molecule has 420 valence electrons. The predicted molar refractivity (Wildman–Crippen MR) is 346 cm³/mol. The Morgan fingerprint density at radius 3 is 0.595 bits per heavy atom. The topological polar surface area (TPSA) is 79.9 Å². The summed E-state index contributed by atoms with van der Waals surface area (Å²) in [6, 6.07) is 70.7. The van der Waals surface area contributed by atoms with Crippen molar-refractivity contribution in [3.8, 4) is 34.5 Å². The fourth-order valence-electron chi connectivity index (χ4n) is 12.7. The first-order valence-electron chi connectivity index (χ1n) is 28.5. The number of aryl methyl sites for hydroxylation is 3. The summed E-state index contributed by atoms with van der Waals surface area (Å²) in [5.74, 6) is 4.74. The van der Waals surface area contributed by atoms with E-state index in [2.05, 4.69) is 177 Å². The fourth-order valence-corrected chi connectivity index (χ4v) is 12.7. The van der Waals surface area contributed by atoms with Gasteiger partial charge in [-0.3, -0.25) is 0 Å². The van der Waals surface area contributed by atoms with Crippen molar-refractivity contribution in [2.75, 3.05) is 57.4 Å². The van der Waals surface area contributed by atoms with Gasteiger partial charge in [-0.1, -0.05) is 0 Å². The zero-order chi connectivity index (χ0) is 57.8. The van der Waals surface area contributed by atoms with Crippen LogP contribution >= 0.6 is 0 Å². The van der Waals surface area contributed by atoms with Gasteiger partial charge in [0.15, 0.2) is 0 Å². The van der Waals surface area contributed by atoms with Crippen molar-refractivity contribution in [1.82, 2.24) is 13.7 Å². The van der Waals surface area contributed by atoms with Gasteiger partial charge in [0.1, 0.15) is 34.5 Å². The van der Waals surface area contributed by atoms with E-state index in [1.807, 2.05) is 72.8 Å². The molecule has 12 nitrogen and oxygen atoms in total. The van der Waals surface area contributed by atoms with E-state index in [-0.39, 0.29) is 0 Å². The highest BCUT2D eigenvalue weighted by molar-refractivity contribution is 6.40. The third kappa shape index (κ3) is 8.75. The number of hydrogen-bond donors (Lipinski definition) is 0. The Morgan fingerprint density at radius 1 is 0.250 bits per heavy atom. The summed E-state index contributed by atoms with van der Waals surface area (Å²) in [6.07, 6.45) is 0. The highest BCUT2D eigenvalue weighted by Crippen LogP contribution is 2.52. The number of aromatic nitrogens is 3. The Hall–Kier alpha value is -10.2. The molecule has 0 saturated carbocycles. The zero-order valence-corrected chi connectivity index (χ0v) is 48.8. The summed E-state index contributed by atoms with van der Waals surface area (Å²) in [7, 11) is 10.2. The lowest BCUT2D eigenvalue weighted by atomic mass is 10.0. The zero-order valence-electron chi connectivity index (χ0n) is 48.8. The van der Waals surface area contributed by atoms with E-state index >= 15 is 0 Å². The molecular formula is C72H66N6O6. The van der Waals surface area contributed by atoms with E-state index in [1.165, 1.54) is 32.7 Å². The molecule has 0 atom stereocenters. The Balaban J connectivity index is 1.17. The molecule has 0 radical (unpaired) electrons. The van der Waals surface area contributed by atoms with E-state index in [0.29, 0.717) is 0 Å². The molecule has 0 fully saturated rings. The highest BCUT2D eigenvalue weighted by Gasteiger charge is 2.29. The number of rotatable bonds is 18. The van der Waals surface area contributed by atoms with Crippen LogP contribution in [0, 0.1) is 0 Å². The smallest absolute Gasteiger partial charge is 0.119 e. The lowest BCUT2D eigenvalue weighted by molar-refractivity contribution is 0.414.